The highest BCUT2D eigenvalue weighted by atomic mass is 35.7. The molecule has 12 heavy (non-hydrogen) atoms. The van der Waals surface area contributed by atoms with E-state index in [0.29, 0.717) is 13.0 Å². The van der Waals surface area contributed by atoms with Gasteiger partial charge in [0, 0.05) is 28.8 Å². The fraction of sp³-hybridized carbons (Fsp3) is 0.667. The smallest absolute Gasteiger partial charge is 0.195 e. The predicted molar refractivity (Wildman–Crippen MR) is 51.6 cm³/mol. The molecule has 6 heteroatoms. The van der Waals surface area contributed by atoms with Gasteiger partial charge in [0.1, 0.15) is 0 Å². The van der Waals surface area contributed by atoms with Crippen molar-refractivity contribution < 1.29 is 8.42 Å². The molecular weight excluding hydrogens is 221 g/mol. The van der Waals surface area contributed by atoms with Crippen molar-refractivity contribution in [3.63, 3.8) is 0 Å². The Hall–Kier alpha value is 0.230. The molecule has 0 saturated heterocycles. The molecule has 0 aliphatic carbocycles. The molecule has 0 aromatic rings. The van der Waals surface area contributed by atoms with Gasteiger partial charge in [-0.1, -0.05) is 25.1 Å². The number of nitrogens with zero attached hydrogens (tertiary/aromatic N) is 1. The van der Waals surface area contributed by atoms with Crippen molar-refractivity contribution in [2.45, 2.75) is 13.3 Å². The van der Waals surface area contributed by atoms with E-state index in [-0.39, 0.29) is 11.6 Å². The van der Waals surface area contributed by atoms with Crippen molar-refractivity contribution in [1.29, 1.82) is 0 Å². The van der Waals surface area contributed by atoms with Crippen LogP contribution < -0.4 is 0 Å². The minimum atomic E-state index is -3.66. The van der Waals surface area contributed by atoms with Crippen LogP contribution in [0.4, 0.5) is 0 Å². The van der Waals surface area contributed by atoms with Gasteiger partial charge in [0.05, 0.1) is 0 Å². The average molecular weight is 232 g/mol. The summed E-state index contributed by atoms with van der Waals surface area (Å²) in [5, 5.41) is 0.257. The quantitative estimate of drug-likeness (QED) is 0.679. The lowest BCUT2D eigenvalue weighted by Crippen LogP contribution is -2.29. The molecule has 0 N–H and O–H groups in total. The van der Waals surface area contributed by atoms with E-state index in [4.69, 9.17) is 22.3 Å². The third kappa shape index (κ3) is 4.98. The molecule has 72 valence electrons. The lowest BCUT2D eigenvalue weighted by atomic mass is 10.5. The molecule has 0 rings (SSSR count). The Morgan fingerprint density at radius 1 is 1.58 bits per heavy atom. The summed E-state index contributed by atoms with van der Waals surface area (Å²) in [6, 6.07) is 0. The summed E-state index contributed by atoms with van der Waals surface area (Å²) >= 11 is 5.46. The van der Waals surface area contributed by atoms with Crippen LogP contribution in [0.15, 0.2) is 11.6 Å². The van der Waals surface area contributed by atoms with Gasteiger partial charge < -0.3 is 0 Å². The van der Waals surface area contributed by atoms with Crippen LogP contribution in [0.3, 0.4) is 0 Å². The van der Waals surface area contributed by atoms with Crippen LogP contribution in [0, 0.1) is 0 Å². The second kappa shape index (κ2) is 5.07. The van der Waals surface area contributed by atoms with Crippen LogP contribution in [-0.4, -0.2) is 25.8 Å². The van der Waals surface area contributed by atoms with Crippen LogP contribution in [0.1, 0.15) is 13.3 Å². The van der Waals surface area contributed by atoms with Crippen molar-refractivity contribution in [2.24, 2.45) is 0 Å². The molecule has 0 aromatic carbocycles. The Labute approximate surface area is 82.5 Å². The number of halogens is 2. The number of hydrogen-bond acceptors (Lipinski definition) is 2. The van der Waals surface area contributed by atoms with Crippen molar-refractivity contribution in [3.8, 4) is 0 Å². The lowest BCUT2D eigenvalue weighted by Gasteiger charge is -2.15. The van der Waals surface area contributed by atoms with Gasteiger partial charge in [-0.3, -0.25) is 0 Å². The molecule has 3 nitrogen and oxygen atoms in total. The van der Waals surface area contributed by atoms with Gasteiger partial charge in [-0.05, 0) is 6.42 Å². The first-order chi connectivity index (χ1) is 5.38. The summed E-state index contributed by atoms with van der Waals surface area (Å²) in [6.45, 7) is 5.67. The van der Waals surface area contributed by atoms with Crippen LogP contribution in [-0.2, 0) is 9.24 Å². The molecule has 0 heterocycles. The van der Waals surface area contributed by atoms with Crippen LogP contribution in [0.5, 0.6) is 0 Å². The van der Waals surface area contributed by atoms with Crippen molar-refractivity contribution in [1.82, 2.24) is 4.31 Å². The molecule has 0 aliphatic rings. The van der Waals surface area contributed by atoms with Gasteiger partial charge in [-0.15, -0.1) is 0 Å². The van der Waals surface area contributed by atoms with E-state index in [1.165, 1.54) is 0 Å². The number of hydrogen-bond donors (Lipinski definition) is 0. The topological polar surface area (TPSA) is 37.4 Å². The molecule has 0 radical (unpaired) electrons. The van der Waals surface area contributed by atoms with E-state index in [2.05, 4.69) is 6.58 Å². The Bertz CT molecular complexity index is 250. The molecule has 0 bridgehead atoms. The Balaban J connectivity index is 4.34. The van der Waals surface area contributed by atoms with E-state index in [0.717, 1.165) is 4.31 Å². The van der Waals surface area contributed by atoms with Gasteiger partial charge in [0.2, 0.25) is 0 Å². The van der Waals surface area contributed by atoms with E-state index >= 15 is 0 Å². The van der Waals surface area contributed by atoms with Gasteiger partial charge in [0.15, 0.2) is 0 Å². The first-order valence-corrected chi connectivity index (χ1v) is 6.05. The molecule has 0 aromatic heterocycles. The summed E-state index contributed by atoms with van der Waals surface area (Å²) in [4.78, 5) is 0. The highest BCUT2D eigenvalue weighted by Crippen LogP contribution is 2.11. The molecule has 0 fully saturated rings. The SMILES string of the molecule is C=C(Cl)CN(CCC)S(=O)(=O)Cl. The first-order valence-electron chi connectivity index (χ1n) is 3.41. The zero-order valence-electron chi connectivity index (χ0n) is 6.76. The number of rotatable bonds is 5. The van der Waals surface area contributed by atoms with Gasteiger partial charge in [-0.2, -0.15) is 12.7 Å². The van der Waals surface area contributed by atoms with E-state index in [1.807, 2.05) is 6.92 Å². The van der Waals surface area contributed by atoms with Crippen LogP contribution >= 0.6 is 22.3 Å². The molecular formula is C6H11Cl2NO2S. The molecule has 0 spiro atoms. The van der Waals surface area contributed by atoms with Crippen molar-refractivity contribution in [2.75, 3.05) is 13.1 Å². The Kier molecular flexibility index (Phi) is 5.16. The van der Waals surface area contributed by atoms with Gasteiger partial charge in [-0.25, -0.2) is 0 Å². The van der Waals surface area contributed by atoms with Gasteiger partial charge in [0.25, 0.3) is 9.24 Å². The monoisotopic (exact) mass is 231 g/mol. The van der Waals surface area contributed by atoms with Crippen LogP contribution in [0.25, 0.3) is 0 Å². The summed E-state index contributed by atoms with van der Waals surface area (Å²) in [6.07, 6.45) is 0.691. The predicted octanol–water partition coefficient (Wildman–Crippen LogP) is 1.93. The standard InChI is InChI=1S/C6H11Cl2NO2S/c1-3-4-9(5-6(2)7)12(8,10)11/h2-5H2,1H3. The Morgan fingerprint density at radius 3 is 2.33 bits per heavy atom. The third-order valence-electron chi connectivity index (χ3n) is 1.13. The Morgan fingerprint density at radius 2 is 2.08 bits per heavy atom. The van der Waals surface area contributed by atoms with Gasteiger partial charge >= 0.3 is 0 Å². The van der Waals surface area contributed by atoms with Crippen molar-refractivity contribution in [3.05, 3.63) is 11.6 Å². The molecule has 0 unspecified atom stereocenters. The van der Waals surface area contributed by atoms with E-state index in [9.17, 15) is 8.42 Å². The first kappa shape index (κ1) is 12.2. The normalized spacial score (nSPS) is 12.0. The lowest BCUT2D eigenvalue weighted by molar-refractivity contribution is 0.451. The van der Waals surface area contributed by atoms with Crippen molar-refractivity contribution >= 4 is 31.5 Å². The van der Waals surface area contributed by atoms with E-state index < -0.39 is 9.24 Å². The fourth-order valence-electron chi connectivity index (χ4n) is 0.706. The molecule has 0 amide bonds. The minimum absolute atomic E-state index is 0.0707. The third-order valence-corrected chi connectivity index (χ3v) is 2.76. The molecule has 0 aliphatic heterocycles. The highest BCUT2D eigenvalue weighted by molar-refractivity contribution is 8.11. The maximum atomic E-state index is 10.8. The summed E-state index contributed by atoms with van der Waals surface area (Å²) < 4.78 is 22.8. The summed E-state index contributed by atoms with van der Waals surface area (Å²) in [5.41, 5.74) is 0. The van der Waals surface area contributed by atoms with E-state index in [1.54, 1.807) is 0 Å². The molecule has 0 atom stereocenters. The summed E-state index contributed by atoms with van der Waals surface area (Å²) in [5.74, 6) is 0. The van der Waals surface area contributed by atoms with Crippen LogP contribution in [0.2, 0.25) is 0 Å². The average Bonchev–Trinajstić information content (AvgIpc) is 1.83. The largest absolute Gasteiger partial charge is 0.300 e. The highest BCUT2D eigenvalue weighted by Gasteiger charge is 2.17. The molecule has 0 saturated carbocycles. The zero-order valence-corrected chi connectivity index (χ0v) is 9.08. The minimum Gasteiger partial charge on any atom is -0.195 e. The maximum Gasteiger partial charge on any atom is 0.300 e. The maximum absolute atomic E-state index is 10.8. The summed E-state index contributed by atoms with van der Waals surface area (Å²) in [7, 11) is 1.46. The zero-order chi connectivity index (χ0) is 9.78. The second-order valence-electron chi connectivity index (χ2n) is 2.29. The fourth-order valence-corrected chi connectivity index (χ4v) is 1.99. The second-order valence-corrected chi connectivity index (χ2v) is 5.34.